The Morgan fingerprint density at radius 1 is 1.52 bits per heavy atom. The highest BCUT2D eigenvalue weighted by molar-refractivity contribution is 5.97. The van der Waals surface area contributed by atoms with Crippen LogP contribution in [0.4, 0.5) is 5.82 Å². The monoisotopic (exact) mass is 288 g/mol. The number of anilines is 1. The molecule has 1 aromatic rings. The molecule has 6 heteroatoms. The van der Waals surface area contributed by atoms with Crippen LogP contribution in [-0.2, 0) is 4.79 Å². The van der Waals surface area contributed by atoms with Crippen molar-refractivity contribution in [1.82, 2.24) is 10.1 Å². The van der Waals surface area contributed by atoms with Crippen LogP contribution in [0.3, 0.4) is 0 Å². The van der Waals surface area contributed by atoms with E-state index in [1.54, 1.807) is 24.9 Å². The van der Waals surface area contributed by atoms with Gasteiger partial charge in [-0.2, -0.15) is 5.26 Å². The van der Waals surface area contributed by atoms with Gasteiger partial charge < -0.3 is 14.7 Å². The van der Waals surface area contributed by atoms with Crippen molar-refractivity contribution in [2.45, 2.75) is 45.1 Å². The number of aryl methyl sites for hydroxylation is 1. The highest BCUT2D eigenvalue weighted by Gasteiger charge is 2.24. The van der Waals surface area contributed by atoms with E-state index in [1.165, 1.54) is 12.6 Å². The van der Waals surface area contributed by atoms with Gasteiger partial charge in [-0.05, 0) is 19.8 Å². The number of aromatic nitrogens is 1. The molecular formula is C15H20N4O2. The Balaban J connectivity index is 2.01. The van der Waals surface area contributed by atoms with Gasteiger partial charge >= 0.3 is 0 Å². The minimum Gasteiger partial charge on any atom is -0.360 e. The zero-order valence-electron chi connectivity index (χ0n) is 12.4. The Morgan fingerprint density at radius 2 is 2.24 bits per heavy atom. The SMILES string of the molecule is Cc1cc(N/C=C(/C#N)C(=O)N(C)C2CCCCC2)no1. The molecule has 0 aromatic carbocycles. The fourth-order valence-electron chi connectivity index (χ4n) is 2.55. The molecule has 2 rings (SSSR count). The Labute approximate surface area is 124 Å². The minimum absolute atomic E-state index is 0.0729. The second-order valence-electron chi connectivity index (χ2n) is 5.34. The van der Waals surface area contributed by atoms with Gasteiger partial charge in [0.25, 0.3) is 5.91 Å². The summed E-state index contributed by atoms with van der Waals surface area (Å²) in [5.74, 6) is 0.889. The lowest BCUT2D eigenvalue weighted by Crippen LogP contribution is -2.39. The number of nitrogens with zero attached hydrogens (tertiary/aromatic N) is 3. The van der Waals surface area contributed by atoms with Crippen molar-refractivity contribution in [1.29, 1.82) is 5.26 Å². The van der Waals surface area contributed by atoms with Gasteiger partial charge in [-0.25, -0.2) is 0 Å². The maximum absolute atomic E-state index is 12.4. The quantitative estimate of drug-likeness (QED) is 0.680. The fourth-order valence-corrected chi connectivity index (χ4v) is 2.55. The van der Waals surface area contributed by atoms with Crippen molar-refractivity contribution < 1.29 is 9.32 Å². The van der Waals surface area contributed by atoms with E-state index in [0.29, 0.717) is 11.6 Å². The molecule has 112 valence electrons. The van der Waals surface area contributed by atoms with Crippen LogP contribution in [-0.4, -0.2) is 29.1 Å². The molecular weight excluding hydrogens is 268 g/mol. The van der Waals surface area contributed by atoms with E-state index in [-0.39, 0.29) is 17.5 Å². The predicted molar refractivity (Wildman–Crippen MR) is 78.2 cm³/mol. The fraction of sp³-hybridized carbons (Fsp3) is 0.533. The zero-order valence-corrected chi connectivity index (χ0v) is 12.4. The van der Waals surface area contributed by atoms with E-state index in [4.69, 9.17) is 4.52 Å². The number of amides is 1. The number of rotatable bonds is 4. The molecule has 1 amide bonds. The third-order valence-corrected chi connectivity index (χ3v) is 3.79. The Bertz CT molecular complexity index is 564. The molecule has 0 radical (unpaired) electrons. The third-order valence-electron chi connectivity index (χ3n) is 3.79. The van der Waals surface area contributed by atoms with Gasteiger partial charge in [0, 0.05) is 25.4 Å². The van der Waals surface area contributed by atoms with Gasteiger partial charge in [0.1, 0.15) is 17.4 Å². The van der Waals surface area contributed by atoms with Crippen LogP contribution in [0.25, 0.3) is 0 Å². The van der Waals surface area contributed by atoms with Gasteiger partial charge in [-0.3, -0.25) is 4.79 Å². The standard InChI is InChI=1S/C15H20N4O2/c1-11-8-14(18-21-11)17-10-12(9-16)15(20)19(2)13-6-4-3-5-7-13/h8,10,13H,3-7H2,1-2H3,(H,17,18)/b12-10-. The zero-order chi connectivity index (χ0) is 15.2. The molecule has 1 aliphatic carbocycles. The Kier molecular flexibility index (Phi) is 4.99. The van der Waals surface area contributed by atoms with Gasteiger partial charge in [0.05, 0.1) is 0 Å². The molecule has 0 saturated heterocycles. The molecule has 6 nitrogen and oxygen atoms in total. The van der Waals surface area contributed by atoms with Crippen LogP contribution in [0.5, 0.6) is 0 Å². The lowest BCUT2D eigenvalue weighted by atomic mass is 9.94. The van der Waals surface area contributed by atoms with Crippen LogP contribution in [0.15, 0.2) is 22.4 Å². The average Bonchev–Trinajstić information content (AvgIpc) is 2.93. The van der Waals surface area contributed by atoms with Crippen molar-refractivity contribution in [2.75, 3.05) is 12.4 Å². The number of hydrogen-bond donors (Lipinski definition) is 1. The summed E-state index contributed by atoms with van der Waals surface area (Å²) in [7, 11) is 1.77. The first kappa shape index (κ1) is 15.1. The first-order valence-electron chi connectivity index (χ1n) is 7.19. The Hall–Kier alpha value is -2.29. The van der Waals surface area contributed by atoms with Gasteiger partial charge in [-0.15, -0.1) is 0 Å². The summed E-state index contributed by atoms with van der Waals surface area (Å²) in [6, 6.07) is 3.88. The van der Waals surface area contributed by atoms with Crippen LogP contribution < -0.4 is 5.32 Å². The summed E-state index contributed by atoms with van der Waals surface area (Å²) in [5.41, 5.74) is 0.0729. The molecule has 1 aromatic heterocycles. The lowest BCUT2D eigenvalue weighted by Gasteiger charge is -2.31. The topological polar surface area (TPSA) is 82.2 Å². The first-order chi connectivity index (χ1) is 10.1. The molecule has 0 aliphatic heterocycles. The summed E-state index contributed by atoms with van der Waals surface area (Å²) < 4.78 is 4.91. The van der Waals surface area contributed by atoms with Crippen molar-refractivity contribution in [3.63, 3.8) is 0 Å². The van der Waals surface area contributed by atoms with E-state index in [1.807, 2.05) is 6.07 Å². The van der Waals surface area contributed by atoms with Crippen molar-refractivity contribution in [2.24, 2.45) is 0 Å². The van der Waals surface area contributed by atoms with Gasteiger partial charge in [0.2, 0.25) is 0 Å². The maximum atomic E-state index is 12.4. The van der Waals surface area contributed by atoms with E-state index < -0.39 is 0 Å². The Morgan fingerprint density at radius 3 is 2.81 bits per heavy atom. The van der Waals surface area contributed by atoms with E-state index in [2.05, 4.69) is 10.5 Å². The van der Waals surface area contributed by atoms with Crippen LogP contribution >= 0.6 is 0 Å². The van der Waals surface area contributed by atoms with E-state index in [9.17, 15) is 10.1 Å². The molecule has 21 heavy (non-hydrogen) atoms. The van der Waals surface area contributed by atoms with Crippen molar-refractivity contribution in [3.8, 4) is 6.07 Å². The van der Waals surface area contributed by atoms with Crippen LogP contribution in [0.1, 0.15) is 37.9 Å². The van der Waals surface area contributed by atoms with Crippen molar-refractivity contribution >= 4 is 11.7 Å². The molecule has 1 aliphatic rings. The number of carbonyl (C=O) groups excluding carboxylic acids is 1. The first-order valence-corrected chi connectivity index (χ1v) is 7.19. The minimum atomic E-state index is -0.253. The smallest absolute Gasteiger partial charge is 0.266 e. The third kappa shape index (κ3) is 3.85. The maximum Gasteiger partial charge on any atom is 0.266 e. The summed E-state index contributed by atoms with van der Waals surface area (Å²) in [6.07, 6.45) is 6.92. The van der Waals surface area contributed by atoms with E-state index >= 15 is 0 Å². The number of nitriles is 1. The van der Waals surface area contributed by atoms with Gasteiger partial charge in [0.15, 0.2) is 5.82 Å². The van der Waals surface area contributed by atoms with E-state index in [0.717, 1.165) is 25.7 Å². The number of nitrogens with one attached hydrogen (secondary N) is 1. The second kappa shape index (κ2) is 6.93. The normalized spacial score (nSPS) is 16.3. The molecule has 1 fully saturated rings. The molecule has 1 heterocycles. The molecule has 1 N–H and O–H groups in total. The largest absolute Gasteiger partial charge is 0.360 e. The molecule has 0 bridgehead atoms. The van der Waals surface area contributed by atoms with Crippen molar-refractivity contribution in [3.05, 3.63) is 23.6 Å². The van der Waals surface area contributed by atoms with Crippen LogP contribution in [0.2, 0.25) is 0 Å². The molecule has 0 atom stereocenters. The second-order valence-corrected chi connectivity index (χ2v) is 5.34. The number of likely N-dealkylation sites (N-methyl/N-ethyl adjacent to an activating group) is 1. The summed E-state index contributed by atoms with van der Waals surface area (Å²) >= 11 is 0. The highest BCUT2D eigenvalue weighted by Crippen LogP contribution is 2.22. The van der Waals surface area contributed by atoms with Crippen LogP contribution in [0, 0.1) is 18.3 Å². The summed E-state index contributed by atoms with van der Waals surface area (Å²) in [6.45, 7) is 1.77. The molecule has 0 unspecified atom stereocenters. The lowest BCUT2D eigenvalue weighted by molar-refractivity contribution is -0.128. The molecule has 0 spiro atoms. The number of hydrogen-bond acceptors (Lipinski definition) is 5. The summed E-state index contributed by atoms with van der Waals surface area (Å²) in [5, 5.41) is 15.7. The van der Waals surface area contributed by atoms with Gasteiger partial charge in [-0.1, -0.05) is 24.4 Å². The average molecular weight is 288 g/mol. The predicted octanol–water partition coefficient (Wildman–Crippen LogP) is 2.59. The summed E-state index contributed by atoms with van der Waals surface area (Å²) in [4.78, 5) is 14.0. The molecule has 1 saturated carbocycles. The highest BCUT2D eigenvalue weighted by atomic mass is 16.5. The number of carbonyl (C=O) groups is 1.